The highest BCUT2D eigenvalue weighted by molar-refractivity contribution is 5.96. The minimum absolute atomic E-state index is 0.103. The van der Waals surface area contributed by atoms with Gasteiger partial charge in [0.1, 0.15) is 0 Å². The molecule has 1 aromatic heterocycles. The normalized spacial score (nSPS) is 18.6. The Hall–Kier alpha value is -1.29. The Morgan fingerprint density at radius 3 is 2.81 bits per heavy atom. The van der Waals surface area contributed by atoms with Crippen LogP contribution < -0.4 is 5.73 Å². The van der Waals surface area contributed by atoms with E-state index in [2.05, 4.69) is 4.98 Å². The predicted octanol–water partition coefficient (Wildman–Crippen LogP) is 2.06. The number of nitrogens with zero attached hydrogens (tertiary/aromatic N) is 1. The zero-order chi connectivity index (χ0) is 11.6. The first kappa shape index (κ1) is 11.2. The zero-order valence-electron chi connectivity index (χ0n) is 9.08. The molecule has 1 aliphatic carbocycles. The third-order valence-corrected chi connectivity index (χ3v) is 3.18. The summed E-state index contributed by atoms with van der Waals surface area (Å²) in [6.45, 7) is 0. The molecule has 0 amide bonds. The smallest absolute Gasteiger partial charge is 0.167 e. The minimum atomic E-state index is -0.561. The van der Waals surface area contributed by atoms with Crippen LogP contribution in [0, 0.1) is 5.82 Å². The second kappa shape index (κ2) is 4.29. The Morgan fingerprint density at radius 1 is 1.50 bits per heavy atom. The number of rotatable bonds is 3. The number of carbonyl (C=O) groups excluding carboxylic acids is 1. The Bertz CT molecular complexity index is 400. The summed E-state index contributed by atoms with van der Waals surface area (Å²) in [6, 6.07) is 1.41. The lowest BCUT2D eigenvalue weighted by molar-refractivity contribution is 0.0948. The van der Waals surface area contributed by atoms with E-state index in [1.54, 1.807) is 0 Å². The maximum atomic E-state index is 13.3. The van der Waals surface area contributed by atoms with E-state index < -0.39 is 11.4 Å². The molecule has 1 aliphatic rings. The van der Waals surface area contributed by atoms with Crippen molar-refractivity contribution in [3.8, 4) is 0 Å². The summed E-state index contributed by atoms with van der Waals surface area (Å²) in [6.07, 6.45) is 6.54. The van der Waals surface area contributed by atoms with Crippen molar-refractivity contribution in [2.75, 3.05) is 0 Å². The van der Waals surface area contributed by atoms with Crippen LogP contribution in [0.5, 0.6) is 0 Å². The van der Waals surface area contributed by atoms with Crippen molar-refractivity contribution in [3.05, 3.63) is 29.8 Å². The van der Waals surface area contributed by atoms with Gasteiger partial charge in [0.05, 0.1) is 11.8 Å². The van der Waals surface area contributed by atoms with Crippen LogP contribution in [-0.4, -0.2) is 16.3 Å². The van der Waals surface area contributed by atoms with Gasteiger partial charge in [-0.25, -0.2) is 4.39 Å². The summed E-state index contributed by atoms with van der Waals surface area (Å²) < 4.78 is 13.3. The zero-order valence-corrected chi connectivity index (χ0v) is 9.08. The minimum Gasteiger partial charge on any atom is -0.325 e. The van der Waals surface area contributed by atoms with Gasteiger partial charge in [-0.05, 0) is 18.9 Å². The summed E-state index contributed by atoms with van der Waals surface area (Å²) >= 11 is 0. The Morgan fingerprint density at radius 2 is 2.19 bits per heavy atom. The Labute approximate surface area is 93.9 Å². The SMILES string of the molecule is NC1(CC(=O)c2ccncc2F)CCCC1. The second-order valence-electron chi connectivity index (χ2n) is 4.52. The highest BCUT2D eigenvalue weighted by Gasteiger charge is 2.32. The standard InChI is InChI=1S/C12H15FN2O/c13-10-8-15-6-3-9(10)11(16)7-12(14)4-1-2-5-12/h3,6,8H,1-2,4-5,7,14H2. The van der Waals surface area contributed by atoms with E-state index in [0.29, 0.717) is 0 Å². The van der Waals surface area contributed by atoms with E-state index in [9.17, 15) is 9.18 Å². The number of carbonyl (C=O) groups is 1. The molecular formula is C12H15FN2O. The van der Waals surface area contributed by atoms with Gasteiger partial charge in [0.2, 0.25) is 0 Å². The average Bonchev–Trinajstić information content (AvgIpc) is 2.65. The molecule has 0 spiro atoms. The van der Waals surface area contributed by atoms with Crippen LogP contribution >= 0.6 is 0 Å². The topological polar surface area (TPSA) is 56.0 Å². The Balaban J connectivity index is 2.11. The highest BCUT2D eigenvalue weighted by atomic mass is 19.1. The molecule has 0 aliphatic heterocycles. The van der Waals surface area contributed by atoms with Crippen molar-refractivity contribution in [2.24, 2.45) is 5.73 Å². The van der Waals surface area contributed by atoms with Crippen molar-refractivity contribution in [1.29, 1.82) is 0 Å². The molecule has 16 heavy (non-hydrogen) atoms. The third-order valence-electron chi connectivity index (χ3n) is 3.18. The maximum absolute atomic E-state index is 13.3. The number of hydrogen-bond donors (Lipinski definition) is 1. The number of pyridine rings is 1. The van der Waals surface area contributed by atoms with E-state index >= 15 is 0 Å². The molecule has 0 aromatic carbocycles. The number of hydrogen-bond acceptors (Lipinski definition) is 3. The van der Waals surface area contributed by atoms with Gasteiger partial charge in [-0.1, -0.05) is 12.8 Å². The van der Waals surface area contributed by atoms with Crippen molar-refractivity contribution in [1.82, 2.24) is 4.98 Å². The maximum Gasteiger partial charge on any atom is 0.167 e. The lowest BCUT2D eigenvalue weighted by atomic mass is 9.90. The quantitative estimate of drug-likeness (QED) is 0.796. The van der Waals surface area contributed by atoms with Gasteiger partial charge in [-0.15, -0.1) is 0 Å². The molecule has 3 nitrogen and oxygen atoms in total. The average molecular weight is 222 g/mol. The van der Waals surface area contributed by atoms with E-state index in [1.807, 2.05) is 0 Å². The molecule has 0 saturated heterocycles. The monoisotopic (exact) mass is 222 g/mol. The van der Waals surface area contributed by atoms with Crippen LogP contribution in [0.1, 0.15) is 42.5 Å². The molecule has 4 heteroatoms. The number of halogens is 1. The second-order valence-corrected chi connectivity index (χ2v) is 4.52. The van der Waals surface area contributed by atoms with Crippen LogP contribution in [0.2, 0.25) is 0 Å². The number of ketones is 1. The molecule has 1 aromatic rings. The summed E-state index contributed by atoms with van der Waals surface area (Å²) in [4.78, 5) is 15.5. The molecule has 0 radical (unpaired) electrons. The van der Waals surface area contributed by atoms with E-state index in [0.717, 1.165) is 31.9 Å². The molecule has 0 unspecified atom stereocenters. The van der Waals surface area contributed by atoms with Crippen LogP contribution in [0.15, 0.2) is 18.5 Å². The van der Waals surface area contributed by atoms with Gasteiger partial charge in [0, 0.05) is 18.2 Å². The fraction of sp³-hybridized carbons (Fsp3) is 0.500. The molecule has 2 rings (SSSR count). The van der Waals surface area contributed by atoms with Gasteiger partial charge in [0.25, 0.3) is 0 Å². The molecule has 1 heterocycles. The summed E-state index contributed by atoms with van der Waals surface area (Å²) in [7, 11) is 0. The van der Waals surface area contributed by atoms with Crippen molar-refractivity contribution in [3.63, 3.8) is 0 Å². The van der Waals surface area contributed by atoms with E-state index in [1.165, 1.54) is 12.3 Å². The summed E-state index contributed by atoms with van der Waals surface area (Å²) in [5.74, 6) is -0.779. The first-order valence-corrected chi connectivity index (χ1v) is 5.52. The molecule has 86 valence electrons. The van der Waals surface area contributed by atoms with Gasteiger partial charge in [-0.2, -0.15) is 0 Å². The van der Waals surface area contributed by atoms with Crippen molar-refractivity contribution in [2.45, 2.75) is 37.6 Å². The van der Waals surface area contributed by atoms with Crippen LogP contribution in [0.4, 0.5) is 4.39 Å². The molecule has 2 N–H and O–H groups in total. The third kappa shape index (κ3) is 2.27. The molecular weight excluding hydrogens is 207 g/mol. The van der Waals surface area contributed by atoms with Crippen molar-refractivity contribution >= 4 is 5.78 Å². The largest absolute Gasteiger partial charge is 0.325 e. The fourth-order valence-electron chi connectivity index (χ4n) is 2.27. The van der Waals surface area contributed by atoms with Gasteiger partial charge in [0.15, 0.2) is 11.6 Å². The lowest BCUT2D eigenvalue weighted by Crippen LogP contribution is -2.38. The van der Waals surface area contributed by atoms with Gasteiger partial charge in [-0.3, -0.25) is 9.78 Å². The lowest BCUT2D eigenvalue weighted by Gasteiger charge is -2.22. The van der Waals surface area contributed by atoms with Gasteiger partial charge < -0.3 is 5.73 Å². The van der Waals surface area contributed by atoms with E-state index in [-0.39, 0.29) is 17.8 Å². The molecule has 0 bridgehead atoms. The summed E-state index contributed by atoms with van der Waals surface area (Å²) in [5, 5.41) is 0. The summed E-state index contributed by atoms with van der Waals surface area (Å²) in [5.41, 5.74) is 5.77. The number of Topliss-reactive ketones (excluding diaryl/α,β-unsaturated/α-hetero) is 1. The molecule has 1 fully saturated rings. The van der Waals surface area contributed by atoms with E-state index in [4.69, 9.17) is 5.73 Å². The number of aromatic nitrogens is 1. The molecule has 1 saturated carbocycles. The van der Waals surface area contributed by atoms with Crippen molar-refractivity contribution < 1.29 is 9.18 Å². The van der Waals surface area contributed by atoms with Crippen LogP contribution in [-0.2, 0) is 0 Å². The van der Waals surface area contributed by atoms with Crippen LogP contribution in [0.3, 0.4) is 0 Å². The first-order valence-electron chi connectivity index (χ1n) is 5.52. The fourth-order valence-corrected chi connectivity index (χ4v) is 2.27. The predicted molar refractivity (Wildman–Crippen MR) is 58.5 cm³/mol. The number of nitrogens with two attached hydrogens (primary N) is 1. The molecule has 0 atom stereocenters. The van der Waals surface area contributed by atoms with Gasteiger partial charge >= 0.3 is 0 Å². The van der Waals surface area contributed by atoms with Crippen LogP contribution in [0.25, 0.3) is 0 Å². The Kier molecular flexibility index (Phi) is 3.01. The highest BCUT2D eigenvalue weighted by Crippen LogP contribution is 2.31. The first-order chi connectivity index (χ1) is 7.61.